The molecule has 0 heterocycles. The minimum absolute atomic E-state index is 0.642. The van der Waals surface area contributed by atoms with Gasteiger partial charge in [-0.1, -0.05) is 0 Å². The molecular weight excluding hydrogens is 176 g/mol. The summed E-state index contributed by atoms with van der Waals surface area (Å²) in [5.41, 5.74) is 0. The third kappa shape index (κ3) is 1.84. The minimum atomic E-state index is 0.642. The van der Waals surface area contributed by atoms with Gasteiger partial charge in [-0.15, -0.1) is 0 Å². The number of methoxy groups -OCH3 is 2. The van der Waals surface area contributed by atoms with E-state index in [9.17, 15) is 0 Å². The smallest absolute Gasteiger partial charge is 0.134 e. The predicted molar refractivity (Wildman–Crippen MR) is 48.0 cm³/mol. The maximum atomic E-state index is 8.85. The maximum absolute atomic E-state index is 8.85. The van der Waals surface area contributed by atoms with Gasteiger partial charge in [0.2, 0.25) is 0 Å². The monoisotopic (exact) mass is 186 g/mol. The second-order valence-electron chi connectivity index (χ2n) is 2.11. The Morgan fingerprint density at radius 2 is 2.00 bits per heavy atom. The second-order valence-corrected chi connectivity index (χ2v) is 2.73. The molecule has 1 aromatic rings. The Kier molecular flexibility index (Phi) is 3.25. The molecule has 0 amide bonds. The van der Waals surface area contributed by atoms with Gasteiger partial charge in [0.1, 0.15) is 11.5 Å². The van der Waals surface area contributed by atoms with E-state index < -0.39 is 0 Å². The molecule has 3 nitrogen and oxygen atoms in total. The average Bonchev–Trinajstić information content (AvgIpc) is 2.16. The second kappa shape index (κ2) is 4.23. The molecule has 1 N–H and O–H groups in total. The molecule has 0 aliphatic carbocycles. The lowest BCUT2D eigenvalue weighted by atomic mass is 10.3. The summed E-state index contributed by atoms with van der Waals surface area (Å²) in [6.45, 7) is 0. The highest BCUT2D eigenvalue weighted by molar-refractivity contribution is 7.93. The van der Waals surface area contributed by atoms with Gasteiger partial charge in [-0.2, -0.15) is 0 Å². The fourth-order valence-corrected chi connectivity index (χ4v) is 1.27. The highest BCUT2D eigenvalue weighted by Gasteiger charge is 2.03. The van der Waals surface area contributed by atoms with Gasteiger partial charge in [0.25, 0.3) is 0 Å². The molecule has 1 rings (SSSR count). The predicted octanol–water partition coefficient (Wildman–Crippen LogP) is 2.27. The van der Waals surface area contributed by atoms with Crippen molar-refractivity contribution in [1.29, 1.82) is 0 Å². The number of hydrogen-bond acceptors (Lipinski definition) is 4. The first-order chi connectivity index (χ1) is 5.81. The fraction of sp³-hybridized carbons (Fsp3) is 0.250. The summed E-state index contributed by atoms with van der Waals surface area (Å²) >= 11 is 0.645. The van der Waals surface area contributed by atoms with Crippen LogP contribution < -0.4 is 9.47 Å². The van der Waals surface area contributed by atoms with Gasteiger partial charge in [-0.05, 0) is 18.2 Å². The summed E-state index contributed by atoms with van der Waals surface area (Å²) in [4.78, 5) is 0.650. The van der Waals surface area contributed by atoms with E-state index in [0.29, 0.717) is 28.4 Å². The van der Waals surface area contributed by atoms with Gasteiger partial charge in [-0.25, -0.2) is 0 Å². The lowest BCUT2D eigenvalue weighted by Gasteiger charge is -2.06. The van der Waals surface area contributed by atoms with Crippen LogP contribution in [-0.2, 0) is 0 Å². The summed E-state index contributed by atoms with van der Waals surface area (Å²) in [6, 6.07) is 5.24. The standard InChI is InChI=1S/C8H10O3S/c1-10-6-3-4-7(11-2)8(5-6)12-9/h3-5,9H,1-2H3. The van der Waals surface area contributed by atoms with Crippen molar-refractivity contribution < 1.29 is 14.0 Å². The Morgan fingerprint density at radius 1 is 1.25 bits per heavy atom. The van der Waals surface area contributed by atoms with Crippen LogP contribution in [0.1, 0.15) is 0 Å². The fourth-order valence-electron chi connectivity index (χ4n) is 0.855. The van der Waals surface area contributed by atoms with E-state index in [4.69, 9.17) is 14.0 Å². The molecule has 0 bridgehead atoms. The first-order valence-corrected chi connectivity index (χ1v) is 4.12. The van der Waals surface area contributed by atoms with Crippen LogP contribution in [0.2, 0.25) is 0 Å². The van der Waals surface area contributed by atoms with E-state index in [1.165, 1.54) is 0 Å². The van der Waals surface area contributed by atoms with Crippen LogP contribution in [0.25, 0.3) is 0 Å². The van der Waals surface area contributed by atoms with Crippen LogP contribution in [0.4, 0.5) is 0 Å². The van der Waals surface area contributed by atoms with Crippen molar-refractivity contribution in [2.75, 3.05) is 14.2 Å². The molecule has 0 aromatic heterocycles. The number of benzene rings is 1. The third-order valence-corrected chi connectivity index (χ3v) is 1.98. The molecule has 0 aliphatic rings. The van der Waals surface area contributed by atoms with Gasteiger partial charge in [0.05, 0.1) is 19.1 Å². The summed E-state index contributed by atoms with van der Waals surface area (Å²) in [5.74, 6) is 1.34. The van der Waals surface area contributed by atoms with E-state index >= 15 is 0 Å². The zero-order valence-corrected chi connectivity index (χ0v) is 7.72. The molecule has 0 unspecified atom stereocenters. The third-order valence-electron chi connectivity index (χ3n) is 1.47. The zero-order valence-electron chi connectivity index (χ0n) is 6.90. The maximum Gasteiger partial charge on any atom is 0.134 e. The Balaban J connectivity index is 3.02. The van der Waals surface area contributed by atoms with Crippen LogP contribution in [0.15, 0.2) is 23.1 Å². The largest absolute Gasteiger partial charge is 0.497 e. The topological polar surface area (TPSA) is 38.7 Å². The van der Waals surface area contributed by atoms with E-state index in [2.05, 4.69) is 0 Å². The van der Waals surface area contributed by atoms with Crippen LogP contribution >= 0.6 is 12.0 Å². The summed E-state index contributed by atoms with van der Waals surface area (Å²) in [6.07, 6.45) is 0. The number of hydrogen-bond donors (Lipinski definition) is 1. The van der Waals surface area contributed by atoms with Crippen LogP contribution in [0.3, 0.4) is 0 Å². The SMILES string of the molecule is COc1ccc(OC)c(SO)c1. The molecule has 0 aliphatic heterocycles. The van der Waals surface area contributed by atoms with Gasteiger partial charge < -0.3 is 14.0 Å². The molecular formula is C8H10O3S. The number of rotatable bonds is 3. The Hall–Kier alpha value is -0.870. The molecule has 0 saturated heterocycles. The molecule has 66 valence electrons. The van der Waals surface area contributed by atoms with Crippen molar-refractivity contribution in [3.05, 3.63) is 18.2 Å². The van der Waals surface area contributed by atoms with Crippen molar-refractivity contribution in [2.24, 2.45) is 0 Å². The van der Waals surface area contributed by atoms with E-state index in [0.717, 1.165) is 0 Å². The molecule has 0 fully saturated rings. The minimum Gasteiger partial charge on any atom is -0.497 e. The van der Waals surface area contributed by atoms with Gasteiger partial charge in [0, 0.05) is 12.0 Å². The van der Waals surface area contributed by atoms with Gasteiger partial charge in [-0.3, -0.25) is 0 Å². The highest BCUT2D eigenvalue weighted by Crippen LogP contribution is 2.30. The Labute approximate surface area is 75.5 Å². The Bertz CT molecular complexity index is 262. The van der Waals surface area contributed by atoms with Crippen LogP contribution in [0.5, 0.6) is 11.5 Å². The van der Waals surface area contributed by atoms with Crippen LogP contribution in [0, 0.1) is 0 Å². The normalized spacial score (nSPS) is 9.58. The van der Waals surface area contributed by atoms with Crippen molar-refractivity contribution in [1.82, 2.24) is 0 Å². The summed E-state index contributed by atoms with van der Waals surface area (Å²) in [7, 11) is 3.13. The van der Waals surface area contributed by atoms with Crippen molar-refractivity contribution in [2.45, 2.75) is 4.90 Å². The first-order valence-electron chi connectivity index (χ1n) is 3.35. The van der Waals surface area contributed by atoms with E-state index in [1.807, 2.05) is 0 Å². The Morgan fingerprint density at radius 3 is 2.50 bits per heavy atom. The molecule has 12 heavy (non-hydrogen) atoms. The zero-order chi connectivity index (χ0) is 8.97. The molecule has 0 saturated carbocycles. The molecule has 0 radical (unpaired) electrons. The molecule has 4 heteroatoms. The average molecular weight is 186 g/mol. The van der Waals surface area contributed by atoms with Crippen LogP contribution in [-0.4, -0.2) is 18.8 Å². The van der Waals surface area contributed by atoms with Crippen molar-refractivity contribution in [3.63, 3.8) is 0 Å². The van der Waals surface area contributed by atoms with Crippen molar-refractivity contribution >= 4 is 12.0 Å². The highest BCUT2D eigenvalue weighted by atomic mass is 32.2. The van der Waals surface area contributed by atoms with Gasteiger partial charge >= 0.3 is 0 Å². The summed E-state index contributed by atoms with van der Waals surface area (Å²) in [5, 5.41) is 0. The van der Waals surface area contributed by atoms with E-state index in [1.54, 1.807) is 32.4 Å². The van der Waals surface area contributed by atoms with Gasteiger partial charge in [0.15, 0.2) is 0 Å². The number of ether oxygens (including phenoxy) is 2. The lowest BCUT2D eigenvalue weighted by Crippen LogP contribution is -1.88. The quantitative estimate of drug-likeness (QED) is 0.735. The molecule has 0 atom stereocenters. The first kappa shape index (κ1) is 9.22. The lowest BCUT2D eigenvalue weighted by molar-refractivity contribution is 0.393. The molecule has 0 spiro atoms. The van der Waals surface area contributed by atoms with Crippen molar-refractivity contribution in [3.8, 4) is 11.5 Å². The summed E-state index contributed by atoms with van der Waals surface area (Å²) < 4.78 is 18.8. The van der Waals surface area contributed by atoms with E-state index in [-0.39, 0.29) is 0 Å². The molecule has 1 aromatic carbocycles.